The van der Waals surface area contributed by atoms with E-state index in [9.17, 15) is 4.79 Å². The van der Waals surface area contributed by atoms with Crippen molar-refractivity contribution < 1.29 is 4.79 Å². The van der Waals surface area contributed by atoms with E-state index < -0.39 is 0 Å². The summed E-state index contributed by atoms with van der Waals surface area (Å²) in [5.74, 6) is 3.80. The minimum Gasteiger partial charge on any atom is -0.347 e. The van der Waals surface area contributed by atoms with Crippen LogP contribution in [0.2, 0.25) is 0 Å². The fraction of sp³-hybridized carbons (Fsp3) is 0.850. The van der Waals surface area contributed by atoms with Crippen molar-refractivity contribution in [3.05, 3.63) is 12.2 Å². The molecule has 3 fully saturated rings. The number of nitrogens with one attached hydrogen (secondary N) is 1. The lowest BCUT2D eigenvalue weighted by atomic mass is 9.47. The van der Waals surface area contributed by atoms with Gasteiger partial charge in [-0.1, -0.05) is 39.7 Å². The maximum Gasteiger partial charge on any atom is 0.244 e. The molecule has 3 saturated carbocycles. The largest absolute Gasteiger partial charge is 0.347 e. The Morgan fingerprint density at radius 1 is 1.05 bits per heavy atom. The third kappa shape index (κ3) is 2.17. The molecule has 0 spiro atoms. The molecule has 22 heavy (non-hydrogen) atoms. The number of hydrogen-bond donors (Lipinski definition) is 1. The van der Waals surface area contributed by atoms with Crippen LogP contribution in [0, 0.1) is 29.1 Å². The zero-order valence-electron chi connectivity index (χ0n) is 14.8. The van der Waals surface area contributed by atoms with Gasteiger partial charge in [0.25, 0.3) is 0 Å². The lowest BCUT2D eigenvalue weighted by Crippen LogP contribution is -2.65. The fourth-order valence-electron chi connectivity index (χ4n) is 6.25. The lowest BCUT2D eigenvalue weighted by molar-refractivity contribution is -0.126. The highest BCUT2D eigenvalue weighted by molar-refractivity contribution is 5.89. The third-order valence-electron chi connectivity index (χ3n) is 7.55. The molecule has 0 bridgehead atoms. The van der Waals surface area contributed by atoms with Crippen LogP contribution < -0.4 is 5.32 Å². The van der Waals surface area contributed by atoms with Crippen molar-refractivity contribution >= 4 is 5.91 Å². The van der Waals surface area contributed by atoms with E-state index >= 15 is 0 Å². The van der Waals surface area contributed by atoms with Gasteiger partial charge in [-0.05, 0) is 68.8 Å². The van der Waals surface area contributed by atoms with Gasteiger partial charge in [0.15, 0.2) is 0 Å². The Morgan fingerprint density at radius 3 is 2.59 bits per heavy atom. The number of rotatable bonds is 0. The maximum absolute atomic E-state index is 11.8. The van der Waals surface area contributed by atoms with Crippen molar-refractivity contribution in [1.82, 2.24) is 5.32 Å². The summed E-state index contributed by atoms with van der Waals surface area (Å²) in [7, 11) is 0. The number of carbonyl (C=O) groups excluding carboxylic acids is 1. The molecule has 0 aromatic rings. The van der Waals surface area contributed by atoms with Crippen LogP contribution in [0.5, 0.6) is 0 Å². The van der Waals surface area contributed by atoms with Crippen LogP contribution in [0.3, 0.4) is 0 Å². The Labute approximate surface area is 136 Å². The van der Waals surface area contributed by atoms with Crippen molar-refractivity contribution in [2.24, 2.45) is 29.1 Å². The topological polar surface area (TPSA) is 29.1 Å². The van der Waals surface area contributed by atoms with E-state index in [2.05, 4.69) is 25.2 Å². The molecule has 2 heteroatoms. The summed E-state index contributed by atoms with van der Waals surface area (Å²) >= 11 is 0. The Bertz CT molecular complexity index is 470. The predicted molar refractivity (Wildman–Crippen MR) is 91.4 cm³/mol. The molecular formula is C20H33NO. The highest BCUT2D eigenvalue weighted by atomic mass is 16.1. The molecule has 124 valence electrons. The standard InChI is InChI=1S/C18H27NO.C2H6/c1-17-10-9-16(20)19-18(17,2)11-8-14-13-5-3-4-12(13)6-7-15(14)17;1-2/h9-10,12-15H,3-8,11H2,1-2H3,(H,19,20);1-2H3. The molecule has 0 aromatic carbocycles. The first-order valence-corrected chi connectivity index (χ1v) is 9.55. The van der Waals surface area contributed by atoms with Crippen molar-refractivity contribution in [2.45, 2.75) is 78.2 Å². The van der Waals surface area contributed by atoms with Gasteiger partial charge in [-0.15, -0.1) is 0 Å². The molecule has 3 aliphatic carbocycles. The minimum absolute atomic E-state index is 0.0224. The number of hydrogen-bond acceptors (Lipinski definition) is 1. The molecule has 0 aromatic heterocycles. The first-order chi connectivity index (χ1) is 10.5. The molecule has 2 nitrogen and oxygen atoms in total. The number of amides is 1. The maximum atomic E-state index is 11.8. The average molecular weight is 303 g/mol. The predicted octanol–water partition coefficient (Wildman–Crippen LogP) is 4.70. The fourth-order valence-corrected chi connectivity index (χ4v) is 6.25. The Balaban J connectivity index is 0.000000693. The summed E-state index contributed by atoms with van der Waals surface area (Å²) < 4.78 is 0. The molecule has 4 aliphatic rings. The normalized spacial score (nSPS) is 49.2. The van der Waals surface area contributed by atoms with Gasteiger partial charge in [0.2, 0.25) is 5.91 Å². The smallest absolute Gasteiger partial charge is 0.244 e. The molecule has 0 radical (unpaired) electrons. The van der Waals surface area contributed by atoms with Gasteiger partial charge in [0.05, 0.1) is 0 Å². The lowest BCUT2D eigenvalue weighted by Gasteiger charge is -2.61. The summed E-state index contributed by atoms with van der Waals surface area (Å²) in [6.45, 7) is 8.69. The third-order valence-corrected chi connectivity index (χ3v) is 7.55. The summed E-state index contributed by atoms with van der Waals surface area (Å²) in [6, 6.07) is 0. The van der Waals surface area contributed by atoms with E-state index in [1.807, 2.05) is 13.8 Å². The van der Waals surface area contributed by atoms with Gasteiger partial charge < -0.3 is 5.32 Å². The van der Waals surface area contributed by atoms with Gasteiger partial charge in [0, 0.05) is 11.0 Å². The molecule has 1 N–H and O–H groups in total. The summed E-state index contributed by atoms with van der Waals surface area (Å²) in [6.07, 6.45) is 13.7. The second-order valence-corrected chi connectivity index (χ2v) is 8.18. The van der Waals surface area contributed by atoms with E-state index in [4.69, 9.17) is 0 Å². The molecule has 1 aliphatic heterocycles. The van der Waals surface area contributed by atoms with Crippen LogP contribution in [-0.4, -0.2) is 11.4 Å². The van der Waals surface area contributed by atoms with E-state index in [0.717, 1.165) is 30.1 Å². The Hall–Kier alpha value is -0.790. The van der Waals surface area contributed by atoms with Crippen molar-refractivity contribution in [1.29, 1.82) is 0 Å². The summed E-state index contributed by atoms with van der Waals surface area (Å²) in [4.78, 5) is 11.8. The van der Waals surface area contributed by atoms with Crippen LogP contribution in [0.15, 0.2) is 12.2 Å². The summed E-state index contributed by atoms with van der Waals surface area (Å²) in [5.41, 5.74) is 0.142. The van der Waals surface area contributed by atoms with Gasteiger partial charge >= 0.3 is 0 Å². The molecule has 4 rings (SSSR count). The van der Waals surface area contributed by atoms with Crippen LogP contribution >= 0.6 is 0 Å². The monoisotopic (exact) mass is 303 g/mol. The molecule has 6 atom stereocenters. The van der Waals surface area contributed by atoms with E-state index in [1.54, 1.807) is 6.08 Å². The Morgan fingerprint density at radius 2 is 1.82 bits per heavy atom. The van der Waals surface area contributed by atoms with Gasteiger partial charge in [-0.3, -0.25) is 4.79 Å². The molecular weight excluding hydrogens is 270 g/mol. The van der Waals surface area contributed by atoms with Gasteiger partial charge in [0.1, 0.15) is 0 Å². The van der Waals surface area contributed by atoms with E-state index in [-0.39, 0.29) is 16.9 Å². The first-order valence-electron chi connectivity index (χ1n) is 9.55. The zero-order chi connectivity index (χ0) is 16.0. The quantitative estimate of drug-likeness (QED) is 0.690. The SMILES string of the molecule is CC.CC12CCC3C4CCCC4CCC3C1(C)C=CC(=O)N2. The second-order valence-electron chi connectivity index (χ2n) is 8.18. The van der Waals surface area contributed by atoms with E-state index in [1.165, 1.54) is 38.5 Å². The number of fused-ring (bicyclic) bond motifs is 5. The van der Waals surface area contributed by atoms with Gasteiger partial charge in [-0.2, -0.15) is 0 Å². The van der Waals surface area contributed by atoms with Crippen LogP contribution in [-0.2, 0) is 4.79 Å². The van der Waals surface area contributed by atoms with Gasteiger partial charge in [-0.25, -0.2) is 0 Å². The van der Waals surface area contributed by atoms with E-state index in [0.29, 0.717) is 0 Å². The van der Waals surface area contributed by atoms with Crippen molar-refractivity contribution in [3.63, 3.8) is 0 Å². The summed E-state index contributed by atoms with van der Waals surface area (Å²) in [5, 5.41) is 3.30. The van der Waals surface area contributed by atoms with Crippen LogP contribution in [0.4, 0.5) is 0 Å². The molecule has 0 saturated heterocycles. The highest BCUT2D eigenvalue weighted by Gasteiger charge is 2.58. The van der Waals surface area contributed by atoms with Crippen molar-refractivity contribution in [3.8, 4) is 0 Å². The molecule has 6 unspecified atom stereocenters. The Kier molecular flexibility index (Phi) is 4.16. The van der Waals surface area contributed by atoms with Crippen LogP contribution in [0.1, 0.15) is 72.6 Å². The zero-order valence-corrected chi connectivity index (χ0v) is 14.8. The molecule has 1 heterocycles. The second kappa shape index (κ2) is 5.69. The first kappa shape index (κ1) is 16.1. The van der Waals surface area contributed by atoms with Crippen molar-refractivity contribution in [2.75, 3.05) is 0 Å². The number of carbonyl (C=O) groups is 1. The molecule has 1 amide bonds. The highest BCUT2D eigenvalue weighted by Crippen LogP contribution is 2.61. The average Bonchev–Trinajstić information content (AvgIpc) is 2.99. The van der Waals surface area contributed by atoms with Crippen LogP contribution in [0.25, 0.3) is 0 Å². The minimum atomic E-state index is -0.0224.